The van der Waals surface area contributed by atoms with E-state index in [0.29, 0.717) is 5.69 Å². The van der Waals surface area contributed by atoms with Gasteiger partial charge in [-0.3, -0.25) is 4.79 Å². The maximum absolute atomic E-state index is 12.0. The largest absolute Gasteiger partial charge is 0.478 e. The summed E-state index contributed by atoms with van der Waals surface area (Å²) in [5.74, 6) is -1.59. The van der Waals surface area contributed by atoms with E-state index in [1.165, 1.54) is 41.7 Å². The molecule has 0 unspecified atom stereocenters. The number of aromatic carboxylic acids is 1. The van der Waals surface area contributed by atoms with Crippen LogP contribution in [-0.4, -0.2) is 17.0 Å². The van der Waals surface area contributed by atoms with Gasteiger partial charge in [0.2, 0.25) is 0 Å². The molecule has 0 aliphatic carbocycles. The summed E-state index contributed by atoms with van der Waals surface area (Å²) >= 11 is 4.71. The number of nitriles is 1. The van der Waals surface area contributed by atoms with E-state index < -0.39 is 11.9 Å². The highest BCUT2D eigenvalue weighted by molar-refractivity contribution is 9.10. The number of thiophene rings is 1. The first-order valence-electron chi connectivity index (χ1n) is 6.00. The molecule has 22 heavy (non-hydrogen) atoms. The minimum Gasteiger partial charge on any atom is -0.478 e. The van der Waals surface area contributed by atoms with Crippen LogP contribution in [0, 0.1) is 11.3 Å². The molecule has 1 amide bonds. The number of amides is 1. The van der Waals surface area contributed by atoms with Crippen molar-refractivity contribution in [3.8, 4) is 6.07 Å². The van der Waals surface area contributed by atoms with Crippen molar-refractivity contribution in [3.05, 3.63) is 56.2 Å². The third-order valence-electron chi connectivity index (χ3n) is 2.63. The second-order valence-electron chi connectivity index (χ2n) is 4.17. The Morgan fingerprint density at radius 3 is 2.50 bits per heavy atom. The molecular formula is C15H9BrN2O3S. The van der Waals surface area contributed by atoms with Crippen LogP contribution < -0.4 is 5.32 Å². The predicted molar refractivity (Wildman–Crippen MR) is 87.6 cm³/mol. The standard InChI is InChI=1S/C15H9BrN2O3S/c16-11-6-13(22-8-11)5-10(7-17)14(19)18-12-3-1-9(2-4-12)15(20)21/h1-6,8H,(H,18,19)(H,20,21)/b10-5-. The lowest BCUT2D eigenvalue weighted by Crippen LogP contribution is -2.13. The highest BCUT2D eigenvalue weighted by atomic mass is 79.9. The number of carboxylic acids is 1. The Labute approximate surface area is 138 Å². The van der Waals surface area contributed by atoms with Crippen molar-refractivity contribution in [1.82, 2.24) is 0 Å². The molecule has 0 saturated carbocycles. The Morgan fingerprint density at radius 1 is 1.32 bits per heavy atom. The average molecular weight is 377 g/mol. The summed E-state index contributed by atoms with van der Waals surface area (Å²) in [6, 6.07) is 9.36. The van der Waals surface area contributed by atoms with Crippen LogP contribution in [0.3, 0.4) is 0 Å². The second-order valence-corrected chi connectivity index (χ2v) is 6.03. The molecule has 1 heterocycles. The summed E-state index contributed by atoms with van der Waals surface area (Å²) in [6.07, 6.45) is 1.50. The molecule has 110 valence electrons. The molecule has 0 radical (unpaired) electrons. The molecule has 0 aliphatic rings. The second kappa shape index (κ2) is 7.02. The molecule has 1 aromatic carbocycles. The molecule has 0 atom stereocenters. The molecular weight excluding hydrogens is 368 g/mol. The van der Waals surface area contributed by atoms with Gasteiger partial charge in [-0.1, -0.05) is 0 Å². The first-order valence-corrected chi connectivity index (χ1v) is 7.67. The van der Waals surface area contributed by atoms with Crippen molar-refractivity contribution < 1.29 is 14.7 Å². The fraction of sp³-hybridized carbons (Fsp3) is 0. The van der Waals surface area contributed by atoms with Crippen LogP contribution in [0.2, 0.25) is 0 Å². The predicted octanol–water partition coefficient (Wildman–Crippen LogP) is 3.75. The van der Waals surface area contributed by atoms with Crippen LogP contribution in [0.15, 0.2) is 45.8 Å². The van der Waals surface area contributed by atoms with Crippen LogP contribution >= 0.6 is 27.3 Å². The Kier molecular flexibility index (Phi) is 5.09. The highest BCUT2D eigenvalue weighted by Gasteiger charge is 2.11. The minimum absolute atomic E-state index is 0.0309. The molecule has 2 N–H and O–H groups in total. The zero-order chi connectivity index (χ0) is 16.1. The van der Waals surface area contributed by atoms with Crippen LogP contribution in [-0.2, 0) is 4.79 Å². The summed E-state index contributed by atoms with van der Waals surface area (Å²) < 4.78 is 0.880. The molecule has 1 aromatic heterocycles. The summed E-state index contributed by atoms with van der Waals surface area (Å²) in [7, 11) is 0. The van der Waals surface area contributed by atoms with Gasteiger partial charge >= 0.3 is 5.97 Å². The number of anilines is 1. The van der Waals surface area contributed by atoms with E-state index in [2.05, 4.69) is 21.2 Å². The van der Waals surface area contributed by atoms with Gasteiger partial charge in [0.15, 0.2) is 0 Å². The Hall–Kier alpha value is -2.43. The van der Waals surface area contributed by atoms with Crippen molar-refractivity contribution in [2.75, 3.05) is 5.32 Å². The fourth-order valence-electron chi connectivity index (χ4n) is 1.59. The number of hydrogen-bond donors (Lipinski definition) is 2. The quantitative estimate of drug-likeness (QED) is 0.627. The van der Waals surface area contributed by atoms with Crippen molar-refractivity contribution in [1.29, 1.82) is 5.26 Å². The van der Waals surface area contributed by atoms with Gasteiger partial charge in [-0.2, -0.15) is 5.26 Å². The highest BCUT2D eigenvalue weighted by Crippen LogP contribution is 2.22. The molecule has 0 fully saturated rings. The minimum atomic E-state index is -1.04. The number of carboxylic acid groups (broad SMARTS) is 1. The van der Waals surface area contributed by atoms with Crippen LogP contribution in [0.1, 0.15) is 15.2 Å². The monoisotopic (exact) mass is 376 g/mol. The van der Waals surface area contributed by atoms with Crippen molar-refractivity contribution in [2.45, 2.75) is 0 Å². The molecule has 0 saturated heterocycles. The van der Waals surface area contributed by atoms with E-state index in [9.17, 15) is 9.59 Å². The SMILES string of the molecule is N#C/C(=C/c1cc(Br)cs1)C(=O)Nc1ccc(C(=O)O)cc1. The van der Waals surface area contributed by atoms with Crippen molar-refractivity contribution in [3.63, 3.8) is 0 Å². The van der Waals surface area contributed by atoms with Gasteiger partial charge in [0.1, 0.15) is 11.6 Å². The number of rotatable bonds is 4. The molecule has 2 rings (SSSR count). The van der Waals surface area contributed by atoms with Crippen LogP contribution in [0.5, 0.6) is 0 Å². The first-order chi connectivity index (χ1) is 10.5. The number of nitrogens with zero attached hydrogens (tertiary/aromatic N) is 1. The first kappa shape index (κ1) is 15.9. The van der Waals surface area contributed by atoms with Gasteiger partial charge in [0.05, 0.1) is 5.56 Å². The van der Waals surface area contributed by atoms with Gasteiger partial charge < -0.3 is 10.4 Å². The van der Waals surface area contributed by atoms with Gasteiger partial charge in [-0.05, 0) is 52.3 Å². The number of halogens is 1. The number of hydrogen-bond acceptors (Lipinski definition) is 4. The maximum atomic E-state index is 12.0. The van der Waals surface area contributed by atoms with Crippen LogP contribution in [0.4, 0.5) is 5.69 Å². The van der Waals surface area contributed by atoms with E-state index in [-0.39, 0.29) is 11.1 Å². The Morgan fingerprint density at radius 2 is 2.00 bits per heavy atom. The van der Waals surface area contributed by atoms with Gasteiger partial charge in [0, 0.05) is 20.4 Å². The summed E-state index contributed by atoms with van der Waals surface area (Å²) in [4.78, 5) is 23.6. The third-order valence-corrected chi connectivity index (χ3v) is 4.27. The van der Waals surface area contributed by atoms with Crippen molar-refractivity contribution in [2.24, 2.45) is 0 Å². The lowest BCUT2D eigenvalue weighted by molar-refractivity contribution is -0.112. The molecule has 0 aliphatic heterocycles. The number of carbonyl (C=O) groups excluding carboxylic acids is 1. The summed E-state index contributed by atoms with van der Waals surface area (Å²) in [6.45, 7) is 0. The van der Waals surface area contributed by atoms with E-state index in [4.69, 9.17) is 10.4 Å². The van der Waals surface area contributed by atoms with Gasteiger partial charge in [0.25, 0.3) is 5.91 Å². The lowest BCUT2D eigenvalue weighted by Gasteiger charge is -2.04. The van der Waals surface area contributed by atoms with Crippen molar-refractivity contribution >= 4 is 50.9 Å². The van der Waals surface area contributed by atoms with E-state index >= 15 is 0 Å². The molecule has 0 bridgehead atoms. The average Bonchev–Trinajstić information content (AvgIpc) is 2.90. The summed E-state index contributed by atoms with van der Waals surface area (Å²) in [5, 5.41) is 22.3. The molecule has 2 aromatic rings. The van der Waals surface area contributed by atoms with E-state index in [0.717, 1.165) is 9.35 Å². The summed E-state index contributed by atoms with van der Waals surface area (Å²) in [5.41, 5.74) is 0.512. The third kappa shape index (κ3) is 4.04. The normalized spacial score (nSPS) is 10.8. The molecule has 0 spiro atoms. The van der Waals surface area contributed by atoms with Gasteiger partial charge in [-0.25, -0.2) is 4.79 Å². The fourth-order valence-corrected chi connectivity index (χ4v) is 2.97. The van der Waals surface area contributed by atoms with E-state index in [1.54, 1.807) is 6.07 Å². The molecule has 7 heteroatoms. The topological polar surface area (TPSA) is 90.2 Å². The smallest absolute Gasteiger partial charge is 0.335 e. The van der Waals surface area contributed by atoms with E-state index in [1.807, 2.05) is 11.4 Å². The Balaban J connectivity index is 2.14. The zero-order valence-corrected chi connectivity index (χ0v) is 13.4. The van der Waals surface area contributed by atoms with Gasteiger partial charge in [-0.15, -0.1) is 11.3 Å². The lowest BCUT2D eigenvalue weighted by atomic mass is 10.2. The number of benzene rings is 1. The van der Waals surface area contributed by atoms with Crippen LogP contribution in [0.25, 0.3) is 6.08 Å². The molecule has 5 nitrogen and oxygen atoms in total. The number of carbonyl (C=O) groups is 2. The maximum Gasteiger partial charge on any atom is 0.335 e. The number of nitrogens with one attached hydrogen (secondary N) is 1. The Bertz CT molecular complexity index is 788. The zero-order valence-electron chi connectivity index (χ0n) is 11.0.